The molecule has 18 heavy (non-hydrogen) atoms. The van der Waals surface area contributed by atoms with Gasteiger partial charge >= 0.3 is 0 Å². The maximum atomic E-state index is 11.5. The number of hydrogen-bond donors (Lipinski definition) is 1. The SMILES string of the molecule is CCCCCCNC(=O)CCN1C(=O)C=CC1=O.[HH]. The minimum atomic E-state index is -0.337. The second-order valence-electron chi connectivity index (χ2n) is 4.32. The van der Waals surface area contributed by atoms with Gasteiger partial charge in [-0.2, -0.15) is 0 Å². The van der Waals surface area contributed by atoms with Crippen LogP contribution in [-0.2, 0) is 14.4 Å². The summed E-state index contributed by atoms with van der Waals surface area (Å²) in [6, 6.07) is 0. The van der Waals surface area contributed by atoms with Crippen molar-refractivity contribution >= 4 is 17.7 Å². The molecule has 102 valence electrons. The van der Waals surface area contributed by atoms with E-state index in [1.54, 1.807) is 0 Å². The highest BCUT2D eigenvalue weighted by Gasteiger charge is 2.23. The minimum absolute atomic E-state index is 0. The zero-order valence-electron chi connectivity index (χ0n) is 10.8. The van der Waals surface area contributed by atoms with Crippen LogP contribution in [0, 0.1) is 0 Å². The third kappa shape index (κ3) is 4.69. The lowest BCUT2D eigenvalue weighted by Gasteiger charge is -2.13. The summed E-state index contributed by atoms with van der Waals surface area (Å²) in [4.78, 5) is 35.0. The zero-order chi connectivity index (χ0) is 13.4. The number of nitrogens with one attached hydrogen (secondary N) is 1. The Labute approximate surface area is 109 Å². The van der Waals surface area contributed by atoms with E-state index >= 15 is 0 Å². The molecule has 1 aliphatic rings. The van der Waals surface area contributed by atoms with Crippen LogP contribution < -0.4 is 5.32 Å². The van der Waals surface area contributed by atoms with Gasteiger partial charge in [-0.3, -0.25) is 19.3 Å². The lowest BCUT2D eigenvalue weighted by Crippen LogP contribution is -2.34. The average molecular weight is 254 g/mol. The van der Waals surface area contributed by atoms with Gasteiger partial charge in [0.2, 0.25) is 5.91 Å². The van der Waals surface area contributed by atoms with Crippen LogP contribution in [0.4, 0.5) is 0 Å². The van der Waals surface area contributed by atoms with Crippen molar-refractivity contribution in [2.24, 2.45) is 0 Å². The number of rotatable bonds is 8. The normalized spacial score (nSPS) is 14.4. The molecule has 3 amide bonds. The highest BCUT2D eigenvalue weighted by atomic mass is 16.2. The maximum absolute atomic E-state index is 11.5. The second-order valence-corrected chi connectivity index (χ2v) is 4.32. The fourth-order valence-corrected chi connectivity index (χ4v) is 1.73. The van der Waals surface area contributed by atoms with E-state index in [2.05, 4.69) is 12.2 Å². The van der Waals surface area contributed by atoms with Crippen LogP contribution in [0.25, 0.3) is 0 Å². The van der Waals surface area contributed by atoms with Crippen molar-refractivity contribution in [3.8, 4) is 0 Å². The Hall–Kier alpha value is -1.65. The smallest absolute Gasteiger partial charge is 0.253 e. The molecule has 0 aromatic rings. The number of unbranched alkanes of at least 4 members (excludes halogenated alkanes) is 3. The van der Waals surface area contributed by atoms with E-state index in [9.17, 15) is 14.4 Å². The minimum Gasteiger partial charge on any atom is -0.356 e. The highest BCUT2D eigenvalue weighted by Crippen LogP contribution is 2.04. The number of hydrogen-bond acceptors (Lipinski definition) is 3. The van der Waals surface area contributed by atoms with Crippen LogP contribution in [0.15, 0.2) is 12.2 Å². The van der Waals surface area contributed by atoms with Crippen molar-refractivity contribution < 1.29 is 15.8 Å². The van der Waals surface area contributed by atoms with Gasteiger partial charge in [0.15, 0.2) is 0 Å². The number of amides is 3. The standard InChI is InChI=1S/C13H20N2O3.H2/c1-2-3-4-5-9-14-11(16)8-10-15-12(17)6-7-13(15)18;/h6-7H,2-5,8-10H2,1H3,(H,14,16);1H. The Balaban J connectivity index is 0.00000324. The molecule has 5 nitrogen and oxygen atoms in total. The molecule has 0 atom stereocenters. The molecule has 0 aromatic carbocycles. The summed E-state index contributed by atoms with van der Waals surface area (Å²) in [5.41, 5.74) is 0. The largest absolute Gasteiger partial charge is 0.356 e. The summed E-state index contributed by atoms with van der Waals surface area (Å²) in [6.07, 6.45) is 7.06. The number of carbonyl (C=O) groups is 3. The van der Waals surface area contributed by atoms with Crippen molar-refractivity contribution in [3.63, 3.8) is 0 Å². The molecule has 0 unspecified atom stereocenters. The number of carbonyl (C=O) groups excluding carboxylic acids is 3. The van der Waals surface area contributed by atoms with E-state index in [0.29, 0.717) is 6.54 Å². The van der Waals surface area contributed by atoms with Crippen LogP contribution in [0.3, 0.4) is 0 Å². The summed E-state index contributed by atoms with van der Waals surface area (Å²) >= 11 is 0. The average Bonchev–Trinajstić information content (AvgIpc) is 2.66. The Morgan fingerprint density at radius 3 is 2.50 bits per heavy atom. The molecule has 0 saturated heterocycles. The van der Waals surface area contributed by atoms with Crippen LogP contribution >= 0.6 is 0 Å². The maximum Gasteiger partial charge on any atom is 0.253 e. The van der Waals surface area contributed by atoms with Gasteiger partial charge in [0.05, 0.1) is 0 Å². The van der Waals surface area contributed by atoms with Gasteiger partial charge in [-0.25, -0.2) is 0 Å². The number of nitrogens with zero attached hydrogens (tertiary/aromatic N) is 1. The Kier molecular flexibility index (Phi) is 6.11. The van der Waals surface area contributed by atoms with Crippen LogP contribution in [0.5, 0.6) is 0 Å². The lowest BCUT2D eigenvalue weighted by atomic mass is 10.2. The molecule has 1 N–H and O–H groups in total. The zero-order valence-corrected chi connectivity index (χ0v) is 10.8. The van der Waals surface area contributed by atoms with Crippen molar-refractivity contribution in [2.45, 2.75) is 39.0 Å². The molecule has 5 heteroatoms. The van der Waals surface area contributed by atoms with Crippen molar-refractivity contribution in [1.29, 1.82) is 0 Å². The topological polar surface area (TPSA) is 66.5 Å². The molecule has 0 bridgehead atoms. The van der Waals surface area contributed by atoms with Crippen molar-refractivity contribution in [1.82, 2.24) is 10.2 Å². The molecule has 0 aromatic heterocycles. The molecule has 0 spiro atoms. The van der Waals surface area contributed by atoms with Gasteiger partial charge in [-0.1, -0.05) is 26.2 Å². The Bertz CT molecular complexity index is 338. The van der Waals surface area contributed by atoms with Crippen LogP contribution in [0.2, 0.25) is 0 Å². The van der Waals surface area contributed by atoms with Gasteiger partial charge in [0.1, 0.15) is 0 Å². The highest BCUT2D eigenvalue weighted by molar-refractivity contribution is 6.13. The summed E-state index contributed by atoms with van der Waals surface area (Å²) in [6.45, 7) is 2.96. The van der Waals surface area contributed by atoms with Gasteiger partial charge < -0.3 is 5.32 Å². The molecular formula is C13H22N2O3. The quantitative estimate of drug-likeness (QED) is 0.523. The summed E-state index contributed by atoms with van der Waals surface area (Å²) in [5.74, 6) is -0.787. The predicted octanol–water partition coefficient (Wildman–Crippen LogP) is 1.24. The molecule has 1 aliphatic heterocycles. The fraction of sp³-hybridized carbons (Fsp3) is 0.615. The van der Waals surface area contributed by atoms with Gasteiger partial charge in [0.25, 0.3) is 11.8 Å². The van der Waals surface area contributed by atoms with E-state index < -0.39 is 0 Å². The first-order valence-electron chi connectivity index (χ1n) is 6.45. The van der Waals surface area contributed by atoms with E-state index in [4.69, 9.17) is 0 Å². The van der Waals surface area contributed by atoms with E-state index in [1.807, 2.05) is 0 Å². The first-order chi connectivity index (χ1) is 8.65. The summed E-state index contributed by atoms with van der Waals surface area (Å²) < 4.78 is 0. The van der Waals surface area contributed by atoms with Gasteiger partial charge in [-0.15, -0.1) is 0 Å². The number of imide groups is 1. The summed E-state index contributed by atoms with van der Waals surface area (Å²) in [7, 11) is 0. The Morgan fingerprint density at radius 1 is 1.22 bits per heavy atom. The van der Waals surface area contributed by atoms with E-state index in [1.165, 1.54) is 25.0 Å². The second kappa shape index (κ2) is 7.63. The first-order valence-corrected chi connectivity index (χ1v) is 6.45. The summed E-state index contributed by atoms with van der Waals surface area (Å²) in [5, 5.41) is 2.79. The Morgan fingerprint density at radius 2 is 1.89 bits per heavy atom. The molecule has 1 heterocycles. The van der Waals surface area contributed by atoms with Gasteiger partial charge in [0, 0.05) is 33.1 Å². The lowest BCUT2D eigenvalue weighted by molar-refractivity contribution is -0.137. The first kappa shape index (κ1) is 14.4. The van der Waals surface area contributed by atoms with Crippen molar-refractivity contribution in [3.05, 3.63) is 12.2 Å². The fourth-order valence-electron chi connectivity index (χ4n) is 1.73. The van der Waals surface area contributed by atoms with Crippen LogP contribution in [-0.4, -0.2) is 35.7 Å². The van der Waals surface area contributed by atoms with E-state index in [0.717, 1.165) is 17.7 Å². The molecule has 1 rings (SSSR count). The monoisotopic (exact) mass is 254 g/mol. The molecular weight excluding hydrogens is 232 g/mol. The third-order valence-electron chi connectivity index (χ3n) is 2.82. The molecule has 0 aliphatic carbocycles. The molecule has 0 fully saturated rings. The van der Waals surface area contributed by atoms with Gasteiger partial charge in [-0.05, 0) is 6.42 Å². The molecule has 0 radical (unpaired) electrons. The van der Waals surface area contributed by atoms with Crippen molar-refractivity contribution in [2.75, 3.05) is 13.1 Å². The predicted molar refractivity (Wildman–Crippen MR) is 69.7 cm³/mol. The van der Waals surface area contributed by atoms with Crippen LogP contribution in [0.1, 0.15) is 40.5 Å². The molecule has 0 saturated carbocycles. The third-order valence-corrected chi connectivity index (χ3v) is 2.82. The van der Waals surface area contributed by atoms with E-state index in [-0.39, 0.29) is 32.1 Å².